The van der Waals surface area contributed by atoms with E-state index in [1.807, 2.05) is 20.8 Å². The molecule has 0 bridgehead atoms. The van der Waals surface area contributed by atoms with Crippen LogP contribution in [-0.2, 0) is 14.0 Å². The van der Waals surface area contributed by atoms with Crippen molar-refractivity contribution < 1.29 is 18.8 Å². The summed E-state index contributed by atoms with van der Waals surface area (Å²) in [5.74, 6) is 0.278. The molecule has 6 heteroatoms. The predicted molar refractivity (Wildman–Crippen MR) is 98.6 cm³/mol. The molecular formula is C18H35NO4Si. The molecule has 0 spiro atoms. The number of hydrogen-bond acceptors (Lipinski definition) is 4. The van der Waals surface area contributed by atoms with Gasteiger partial charge in [-0.3, -0.25) is 4.90 Å². The maximum absolute atomic E-state index is 12.8. The van der Waals surface area contributed by atoms with Crippen molar-refractivity contribution in [3.05, 3.63) is 0 Å². The minimum absolute atomic E-state index is 0.278. The van der Waals surface area contributed by atoms with E-state index in [9.17, 15) is 9.59 Å². The van der Waals surface area contributed by atoms with Crippen molar-refractivity contribution in [2.45, 2.75) is 90.6 Å². The number of likely N-dealkylation sites (tertiary alicyclic amines) is 1. The van der Waals surface area contributed by atoms with Crippen LogP contribution in [0, 0.1) is 5.92 Å². The Bertz CT molecular complexity index is 422. The third kappa shape index (κ3) is 5.58. The lowest BCUT2D eigenvalue weighted by molar-refractivity contribution is -0.116. The van der Waals surface area contributed by atoms with Gasteiger partial charge in [-0.15, -0.1) is 0 Å². The molecule has 1 rings (SSSR count). The molecule has 1 saturated heterocycles. The van der Waals surface area contributed by atoms with Crippen LogP contribution in [0.5, 0.6) is 0 Å². The minimum Gasteiger partial charge on any atom is -0.444 e. The van der Waals surface area contributed by atoms with Crippen LogP contribution >= 0.6 is 0 Å². The molecule has 1 amide bonds. The summed E-state index contributed by atoms with van der Waals surface area (Å²) < 4.78 is 12.1. The first-order valence-corrected chi connectivity index (χ1v) is 12.1. The zero-order valence-corrected chi connectivity index (χ0v) is 17.4. The van der Waals surface area contributed by atoms with E-state index < -0.39 is 20.4 Å². The monoisotopic (exact) mass is 357 g/mol. The van der Waals surface area contributed by atoms with E-state index in [1.54, 1.807) is 4.90 Å². The van der Waals surface area contributed by atoms with E-state index >= 15 is 0 Å². The van der Waals surface area contributed by atoms with Crippen molar-refractivity contribution in [3.63, 3.8) is 0 Å². The van der Waals surface area contributed by atoms with Gasteiger partial charge in [0.05, 0.1) is 0 Å². The second-order valence-electron chi connectivity index (χ2n) is 7.98. The molecule has 1 aliphatic heterocycles. The van der Waals surface area contributed by atoms with Crippen LogP contribution in [0.1, 0.15) is 66.2 Å². The summed E-state index contributed by atoms with van der Waals surface area (Å²) in [7, 11) is -1.40. The van der Waals surface area contributed by atoms with Crippen molar-refractivity contribution in [1.82, 2.24) is 4.90 Å². The molecule has 140 valence electrons. The Balaban J connectivity index is 3.12. The number of aldehydes is 1. The summed E-state index contributed by atoms with van der Waals surface area (Å²) in [5, 5.41) is 0. The molecular weight excluding hydrogens is 322 g/mol. The lowest BCUT2D eigenvalue weighted by Crippen LogP contribution is -2.55. The zero-order chi connectivity index (χ0) is 18.4. The van der Waals surface area contributed by atoms with Crippen LogP contribution in [-0.4, -0.2) is 44.2 Å². The van der Waals surface area contributed by atoms with Gasteiger partial charge in [0.1, 0.15) is 17.6 Å². The Morgan fingerprint density at radius 2 is 2.04 bits per heavy atom. The van der Waals surface area contributed by atoms with Gasteiger partial charge in [0.2, 0.25) is 0 Å². The average molecular weight is 358 g/mol. The van der Waals surface area contributed by atoms with Crippen LogP contribution < -0.4 is 0 Å². The van der Waals surface area contributed by atoms with E-state index in [-0.39, 0.29) is 12.0 Å². The van der Waals surface area contributed by atoms with Gasteiger partial charge in [0.25, 0.3) is 0 Å². The fourth-order valence-corrected chi connectivity index (χ4v) is 4.79. The standard InChI is InChI=1S/C18H35NO4Si/c1-7-8-10-15-11-13-19(16(21)22-17(2,3)4)18(15,12-9-14-20)23-24(5)6/h14-15,24H,7-13H2,1-6H3. The fraction of sp³-hybridized carbons (Fsp3) is 0.889. The van der Waals surface area contributed by atoms with Crippen molar-refractivity contribution in [3.8, 4) is 0 Å². The molecule has 0 aromatic rings. The van der Waals surface area contributed by atoms with Crippen LogP contribution in [0.25, 0.3) is 0 Å². The van der Waals surface area contributed by atoms with E-state index in [1.165, 1.54) is 0 Å². The number of unbranched alkanes of at least 4 members (excludes halogenated alkanes) is 1. The van der Waals surface area contributed by atoms with Crippen LogP contribution in [0.4, 0.5) is 4.79 Å². The molecule has 1 aliphatic rings. The van der Waals surface area contributed by atoms with Crippen LogP contribution in [0.3, 0.4) is 0 Å². The highest BCUT2D eigenvalue weighted by molar-refractivity contribution is 6.48. The quantitative estimate of drug-likeness (QED) is 0.484. The molecule has 24 heavy (non-hydrogen) atoms. The molecule has 0 radical (unpaired) electrons. The molecule has 0 aromatic heterocycles. The van der Waals surface area contributed by atoms with Gasteiger partial charge in [0.15, 0.2) is 9.04 Å². The van der Waals surface area contributed by atoms with Gasteiger partial charge >= 0.3 is 6.09 Å². The number of carbonyl (C=O) groups is 2. The maximum Gasteiger partial charge on any atom is 0.412 e. The molecule has 1 heterocycles. The third-order valence-electron chi connectivity index (χ3n) is 4.38. The van der Waals surface area contributed by atoms with E-state index in [0.29, 0.717) is 19.4 Å². The summed E-state index contributed by atoms with van der Waals surface area (Å²) >= 11 is 0. The SMILES string of the molecule is CCCCC1CCN(C(=O)OC(C)(C)C)C1(CCC=O)O[SiH](C)C. The molecule has 2 unspecified atom stereocenters. The van der Waals surface area contributed by atoms with Crippen molar-refractivity contribution >= 4 is 21.4 Å². The molecule has 0 aromatic carbocycles. The third-order valence-corrected chi connectivity index (χ3v) is 5.26. The lowest BCUT2D eigenvalue weighted by atomic mass is 9.88. The van der Waals surface area contributed by atoms with E-state index in [4.69, 9.17) is 9.16 Å². The van der Waals surface area contributed by atoms with Crippen LogP contribution in [0.2, 0.25) is 13.1 Å². The van der Waals surface area contributed by atoms with Gasteiger partial charge in [-0.1, -0.05) is 19.8 Å². The van der Waals surface area contributed by atoms with E-state index in [2.05, 4.69) is 20.0 Å². The van der Waals surface area contributed by atoms with Crippen molar-refractivity contribution in [2.75, 3.05) is 6.54 Å². The summed E-state index contributed by atoms with van der Waals surface area (Å²) in [6, 6.07) is 0. The van der Waals surface area contributed by atoms with Gasteiger partial charge in [-0.05, 0) is 46.7 Å². The first-order valence-electron chi connectivity index (χ1n) is 9.28. The topological polar surface area (TPSA) is 55.8 Å². The molecule has 1 fully saturated rings. The fourth-order valence-electron chi connectivity index (χ4n) is 3.54. The number of ether oxygens (including phenoxy) is 1. The van der Waals surface area contributed by atoms with Crippen molar-refractivity contribution in [1.29, 1.82) is 0 Å². The van der Waals surface area contributed by atoms with Gasteiger partial charge in [0, 0.05) is 25.3 Å². The molecule has 2 atom stereocenters. The smallest absolute Gasteiger partial charge is 0.412 e. The zero-order valence-electron chi connectivity index (χ0n) is 16.3. The average Bonchev–Trinajstić information content (AvgIpc) is 2.79. The predicted octanol–water partition coefficient (Wildman–Crippen LogP) is 4.11. The molecule has 0 aliphatic carbocycles. The first kappa shape index (κ1) is 21.2. The Labute approximate surface area is 148 Å². The minimum atomic E-state index is -1.40. The summed E-state index contributed by atoms with van der Waals surface area (Å²) in [4.78, 5) is 25.6. The molecule has 5 nitrogen and oxygen atoms in total. The number of carbonyl (C=O) groups excluding carboxylic acids is 2. The molecule has 0 saturated carbocycles. The van der Waals surface area contributed by atoms with Crippen molar-refractivity contribution in [2.24, 2.45) is 5.92 Å². The lowest BCUT2D eigenvalue weighted by Gasteiger charge is -2.44. The summed E-state index contributed by atoms with van der Waals surface area (Å²) in [6.45, 7) is 12.7. The maximum atomic E-state index is 12.8. The second-order valence-corrected chi connectivity index (χ2v) is 10.3. The Morgan fingerprint density at radius 3 is 2.54 bits per heavy atom. The summed E-state index contributed by atoms with van der Waals surface area (Å²) in [6.07, 6.45) is 5.75. The van der Waals surface area contributed by atoms with Gasteiger partial charge < -0.3 is 14.0 Å². The largest absolute Gasteiger partial charge is 0.444 e. The van der Waals surface area contributed by atoms with Gasteiger partial charge in [-0.2, -0.15) is 0 Å². The molecule has 0 N–H and O–H groups in total. The Kier molecular flexibility index (Phi) is 7.93. The van der Waals surface area contributed by atoms with Gasteiger partial charge in [-0.25, -0.2) is 4.79 Å². The Morgan fingerprint density at radius 1 is 1.38 bits per heavy atom. The Hall–Kier alpha value is -0.883. The van der Waals surface area contributed by atoms with E-state index in [0.717, 1.165) is 32.0 Å². The number of hydrogen-bond donors (Lipinski definition) is 0. The van der Waals surface area contributed by atoms with Crippen LogP contribution in [0.15, 0.2) is 0 Å². The highest BCUT2D eigenvalue weighted by atomic mass is 28.3. The first-order chi connectivity index (χ1) is 11.2. The highest BCUT2D eigenvalue weighted by Crippen LogP contribution is 2.43. The summed E-state index contributed by atoms with van der Waals surface area (Å²) in [5.41, 5.74) is -1.21. The highest BCUT2D eigenvalue weighted by Gasteiger charge is 2.52. The number of amides is 1. The second kappa shape index (κ2) is 8.99. The normalized spacial score (nSPS) is 24.5. The number of rotatable bonds is 8. The number of nitrogens with zero attached hydrogens (tertiary/aromatic N) is 1.